The van der Waals surface area contributed by atoms with Crippen LogP contribution in [0.2, 0.25) is 0 Å². The molecule has 1 rings (SSSR count). The minimum Gasteiger partial charge on any atom is -0.0823 e. The van der Waals surface area contributed by atoms with Gasteiger partial charge < -0.3 is 0 Å². The fourth-order valence-corrected chi connectivity index (χ4v) is 6.81. The van der Waals surface area contributed by atoms with E-state index >= 15 is 0 Å². The molecule has 0 radical (unpaired) electrons. The normalized spacial score (nSPS) is 42.5. The summed E-state index contributed by atoms with van der Waals surface area (Å²) < 4.78 is 1.21. The molecule has 2 unspecified atom stereocenters. The molecule has 0 saturated heterocycles. The first-order valence-electron chi connectivity index (χ1n) is 6.80. The van der Waals surface area contributed by atoms with Gasteiger partial charge in [-0.15, -0.1) is 0 Å². The van der Waals surface area contributed by atoms with Gasteiger partial charge in [-0.2, -0.15) is 0 Å². The van der Waals surface area contributed by atoms with Gasteiger partial charge in [-0.05, 0) is 36.0 Å². The maximum Gasteiger partial charge on any atom is 0.0281 e. The zero-order valence-corrected chi connectivity index (χ0v) is 16.7. The van der Waals surface area contributed by atoms with Crippen molar-refractivity contribution >= 4 is 45.2 Å². The van der Waals surface area contributed by atoms with Crippen LogP contribution in [0.5, 0.6) is 0 Å². The highest BCUT2D eigenvalue weighted by molar-refractivity contribution is 14.1. The summed E-state index contributed by atoms with van der Waals surface area (Å²) in [5, 5.41) is 0. The van der Waals surface area contributed by atoms with Crippen molar-refractivity contribution in [3.8, 4) is 0 Å². The quantitative estimate of drug-likeness (QED) is 0.344. The highest BCUT2D eigenvalue weighted by atomic mass is 127. The van der Waals surface area contributed by atoms with Crippen molar-refractivity contribution in [3.63, 3.8) is 0 Å². The summed E-state index contributed by atoms with van der Waals surface area (Å²) in [5.74, 6) is 1.62. The number of hydrogen-bond acceptors (Lipinski definition) is 0. The van der Waals surface area contributed by atoms with Crippen molar-refractivity contribution in [1.82, 2.24) is 0 Å². The third kappa shape index (κ3) is 2.82. The molecule has 0 bridgehead atoms. The number of halogens is 2. The van der Waals surface area contributed by atoms with Gasteiger partial charge >= 0.3 is 0 Å². The van der Waals surface area contributed by atoms with Crippen LogP contribution in [0.1, 0.15) is 61.3 Å². The fraction of sp³-hybridized carbons (Fsp3) is 1.00. The number of alkyl halides is 2. The van der Waals surface area contributed by atoms with Crippen LogP contribution < -0.4 is 0 Å². The predicted octanol–water partition coefficient (Wildman–Crippen LogP) is 6.10. The molecule has 0 aromatic heterocycles. The van der Waals surface area contributed by atoms with Gasteiger partial charge in [0.05, 0.1) is 0 Å². The Morgan fingerprint density at radius 3 is 2.12 bits per heavy atom. The Bertz CT molecular complexity index is 279. The van der Waals surface area contributed by atoms with E-state index in [1.807, 2.05) is 0 Å². The van der Waals surface area contributed by atoms with E-state index in [1.165, 1.54) is 12.8 Å². The van der Waals surface area contributed by atoms with Crippen molar-refractivity contribution in [1.29, 1.82) is 0 Å². The Labute approximate surface area is 135 Å². The second-order valence-corrected chi connectivity index (χ2v) is 11.2. The van der Waals surface area contributed by atoms with Crippen molar-refractivity contribution in [3.05, 3.63) is 0 Å². The minimum atomic E-state index is 0.394. The monoisotopic (exact) mass is 462 g/mol. The predicted molar refractivity (Wildman–Crippen MR) is 95.4 cm³/mol. The molecule has 0 N–H and O–H groups in total. The molecule has 1 aliphatic rings. The molecule has 1 aliphatic carbocycles. The molecule has 0 heterocycles. The molecule has 1 fully saturated rings. The smallest absolute Gasteiger partial charge is 0.0281 e. The SMILES string of the molecule is CCC(C)(C)C1C(C)[C@H](I)CC(C)(C)[C@@]1(C)I. The molecule has 0 aromatic carbocycles. The second-order valence-electron chi connectivity index (χ2n) is 7.36. The van der Waals surface area contributed by atoms with Gasteiger partial charge in [0.15, 0.2) is 0 Å². The van der Waals surface area contributed by atoms with Crippen LogP contribution in [0, 0.1) is 22.7 Å². The van der Waals surface area contributed by atoms with Gasteiger partial charge in [-0.3, -0.25) is 0 Å². The van der Waals surface area contributed by atoms with E-state index in [1.54, 1.807) is 0 Å². The maximum atomic E-state index is 2.77. The van der Waals surface area contributed by atoms with Crippen LogP contribution in [0.15, 0.2) is 0 Å². The highest BCUT2D eigenvalue weighted by Crippen LogP contribution is 2.61. The van der Waals surface area contributed by atoms with E-state index in [0.717, 1.165) is 15.8 Å². The summed E-state index contributed by atoms with van der Waals surface area (Å²) >= 11 is 5.46. The van der Waals surface area contributed by atoms with Crippen molar-refractivity contribution in [2.24, 2.45) is 22.7 Å². The second kappa shape index (κ2) is 5.10. The topological polar surface area (TPSA) is 0 Å². The minimum absolute atomic E-state index is 0.394. The molecule has 0 aromatic rings. The van der Waals surface area contributed by atoms with E-state index in [4.69, 9.17) is 0 Å². The molecule has 102 valence electrons. The Morgan fingerprint density at radius 1 is 1.24 bits per heavy atom. The lowest BCUT2D eigenvalue weighted by molar-refractivity contribution is 0.0142. The van der Waals surface area contributed by atoms with Crippen LogP contribution >= 0.6 is 45.2 Å². The molecular formula is C15H28I2. The lowest BCUT2D eigenvalue weighted by Gasteiger charge is -2.59. The van der Waals surface area contributed by atoms with E-state index in [0.29, 0.717) is 14.3 Å². The van der Waals surface area contributed by atoms with Crippen molar-refractivity contribution in [2.75, 3.05) is 0 Å². The molecule has 4 atom stereocenters. The van der Waals surface area contributed by atoms with Gasteiger partial charge in [0.2, 0.25) is 0 Å². The lowest BCUT2D eigenvalue weighted by atomic mass is 9.53. The summed E-state index contributed by atoms with van der Waals surface area (Å²) in [6.45, 7) is 17.2. The van der Waals surface area contributed by atoms with Gasteiger partial charge in [0.25, 0.3) is 0 Å². The Morgan fingerprint density at radius 2 is 1.71 bits per heavy atom. The average molecular weight is 462 g/mol. The van der Waals surface area contributed by atoms with Crippen LogP contribution in [-0.2, 0) is 0 Å². The molecule has 0 amide bonds. The average Bonchev–Trinajstić information content (AvgIpc) is 2.14. The standard InChI is InChI=1S/C15H28I2/c1-8-13(3,4)12-10(2)11(16)9-14(5,6)15(12,7)17/h10-12H,8-9H2,1-7H3/t10?,11-,12?,15+/m1/s1. The Hall–Kier alpha value is 1.46. The van der Waals surface area contributed by atoms with Crippen LogP contribution in [-0.4, -0.2) is 7.35 Å². The Balaban J connectivity index is 3.22. The molecule has 17 heavy (non-hydrogen) atoms. The third-order valence-corrected chi connectivity index (χ3v) is 9.17. The summed E-state index contributed by atoms with van der Waals surface area (Å²) in [6, 6.07) is 0. The van der Waals surface area contributed by atoms with Gasteiger partial charge in [0, 0.05) is 7.35 Å². The van der Waals surface area contributed by atoms with Crippen LogP contribution in [0.25, 0.3) is 0 Å². The van der Waals surface area contributed by atoms with E-state index in [-0.39, 0.29) is 0 Å². The van der Waals surface area contributed by atoms with Gasteiger partial charge in [-0.1, -0.05) is 93.1 Å². The van der Waals surface area contributed by atoms with Crippen LogP contribution in [0.3, 0.4) is 0 Å². The van der Waals surface area contributed by atoms with E-state index in [9.17, 15) is 0 Å². The van der Waals surface area contributed by atoms with E-state index < -0.39 is 0 Å². The molecule has 0 spiro atoms. The fourth-order valence-electron chi connectivity index (χ4n) is 3.66. The van der Waals surface area contributed by atoms with Crippen LogP contribution in [0.4, 0.5) is 0 Å². The number of rotatable bonds is 2. The summed E-state index contributed by atoms with van der Waals surface area (Å²) in [5.41, 5.74) is 0.875. The summed E-state index contributed by atoms with van der Waals surface area (Å²) in [7, 11) is 0. The lowest BCUT2D eigenvalue weighted by Crippen LogP contribution is -2.57. The summed E-state index contributed by atoms with van der Waals surface area (Å²) in [6.07, 6.45) is 2.63. The largest absolute Gasteiger partial charge is 0.0823 e. The third-order valence-electron chi connectivity index (χ3n) is 5.46. The molecule has 1 saturated carbocycles. The zero-order valence-electron chi connectivity index (χ0n) is 12.4. The number of hydrogen-bond donors (Lipinski definition) is 0. The first-order chi connectivity index (χ1) is 7.47. The van der Waals surface area contributed by atoms with Crippen molar-refractivity contribution in [2.45, 2.75) is 68.7 Å². The highest BCUT2D eigenvalue weighted by Gasteiger charge is 2.56. The molecule has 0 nitrogen and oxygen atoms in total. The van der Waals surface area contributed by atoms with Crippen molar-refractivity contribution < 1.29 is 0 Å². The Kier molecular flexibility index (Phi) is 4.95. The first-order valence-corrected chi connectivity index (χ1v) is 9.13. The molecule has 2 heteroatoms. The molecule has 0 aliphatic heterocycles. The first kappa shape index (κ1) is 16.5. The van der Waals surface area contributed by atoms with E-state index in [2.05, 4.69) is 93.6 Å². The maximum absolute atomic E-state index is 2.77. The van der Waals surface area contributed by atoms with Gasteiger partial charge in [0.1, 0.15) is 0 Å². The van der Waals surface area contributed by atoms with Gasteiger partial charge in [-0.25, -0.2) is 0 Å². The summed E-state index contributed by atoms with van der Waals surface area (Å²) in [4.78, 5) is 0. The molecular weight excluding hydrogens is 434 g/mol. The zero-order chi connectivity index (χ0) is 13.6.